The maximum Gasteiger partial charge on any atom is 0.302 e. The topological polar surface area (TPSA) is 26.3 Å². The second kappa shape index (κ2) is 7.47. The second-order valence-corrected chi connectivity index (χ2v) is 1.69. The number of carbonyl (C=O) groups is 1. The summed E-state index contributed by atoms with van der Waals surface area (Å²) < 4.78 is 4.64. The van der Waals surface area contributed by atoms with Crippen molar-refractivity contribution in [1.82, 2.24) is 0 Å². The molecule has 0 rings (SSSR count). The van der Waals surface area contributed by atoms with Crippen LogP contribution in [0.5, 0.6) is 0 Å². The molecule has 2 heteroatoms. The highest BCUT2D eigenvalue weighted by molar-refractivity contribution is 5.65. The molecule has 0 bridgehead atoms. The summed E-state index contributed by atoms with van der Waals surface area (Å²) in [4.78, 5) is 10.1. The van der Waals surface area contributed by atoms with Gasteiger partial charge in [-0.15, -0.1) is 0 Å². The second-order valence-electron chi connectivity index (χ2n) is 1.69. The number of hydrogen-bond acceptors (Lipinski definition) is 2. The molecular formula is C7H15O2. The molecule has 0 atom stereocenters. The van der Waals surface area contributed by atoms with Crippen LogP contribution < -0.4 is 0 Å². The molecule has 0 saturated heterocycles. The first-order chi connectivity index (χ1) is 3.77. The molecule has 0 heterocycles. The number of esters is 1. The largest absolute Gasteiger partial charge is 0.466 e. The summed E-state index contributed by atoms with van der Waals surface area (Å²) in [5, 5.41) is 0. The summed E-state index contributed by atoms with van der Waals surface area (Å²) in [6.45, 7) is 4.06. The smallest absolute Gasteiger partial charge is 0.302 e. The van der Waals surface area contributed by atoms with E-state index in [1.807, 2.05) is 0 Å². The lowest BCUT2D eigenvalue weighted by Gasteiger charge is -1.96. The van der Waals surface area contributed by atoms with Crippen LogP contribution in [0.25, 0.3) is 0 Å². The Morgan fingerprint density at radius 2 is 2.11 bits per heavy atom. The van der Waals surface area contributed by atoms with E-state index < -0.39 is 0 Å². The number of carbonyl (C=O) groups excluding carboxylic acids is 1. The molecule has 0 aliphatic rings. The molecule has 0 aliphatic heterocycles. The number of hydrogen-bond donors (Lipinski definition) is 0. The molecule has 0 saturated carbocycles. The minimum atomic E-state index is -0.182. The Bertz CT molecular complexity index is 69.3. The Hall–Kier alpha value is -0.530. The Labute approximate surface area is 57.2 Å². The number of unbranched alkanes of at least 4 members (excludes halogenated alkanes) is 1. The summed E-state index contributed by atoms with van der Waals surface area (Å²) in [7, 11) is 0. The van der Waals surface area contributed by atoms with Crippen molar-refractivity contribution in [3.8, 4) is 0 Å². The Morgan fingerprint density at radius 1 is 1.56 bits per heavy atom. The van der Waals surface area contributed by atoms with Crippen molar-refractivity contribution in [3.63, 3.8) is 0 Å². The van der Waals surface area contributed by atoms with E-state index in [2.05, 4.69) is 11.7 Å². The normalized spacial score (nSPS) is 7.78. The van der Waals surface area contributed by atoms with E-state index in [1.165, 1.54) is 6.92 Å². The van der Waals surface area contributed by atoms with E-state index in [0.29, 0.717) is 6.61 Å². The van der Waals surface area contributed by atoms with Gasteiger partial charge < -0.3 is 4.74 Å². The van der Waals surface area contributed by atoms with Crippen LogP contribution in [0, 0.1) is 7.43 Å². The molecule has 9 heavy (non-hydrogen) atoms. The molecule has 0 aromatic rings. The van der Waals surface area contributed by atoms with Crippen molar-refractivity contribution in [1.29, 1.82) is 0 Å². The lowest BCUT2D eigenvalue weighted by atomic mass is 10.4. The highest BCUT2D eigenvalue weighted by atomic mass is 16.5. The van der Waals surface area contributed by atoms with Gasteiger partial charge in [-0.1, -0.05) is 20.8 Å². The molecule has 55 valence electrons. The van der Waals surface area contributed by atoms with Gasteiger partial charge in [-0.3, -0.25) is 4.79 Å². The van der Waals surface area contributed by atoms with Gasteiger partial charge in [-0.2, -0.15) is 0 Å². The van der Waals surface area contributed by atoms with Crippen LogP contribution in [0.15, 0.2) is 0 Å². The van der Waals surface area contributed by atoms with Gasteiger partial charge in [0.15, 0.2) is 0 Å². The summed E-state index contributed by atoms with van der Waals surface area (Å²) >= 11 is 0. The third-order valence-corrected chi connectivity index (χ3v) is 0.803. The van der Waals surface area contributed by atoms with Crippen LogP contribution >= 0.6 is 0 Å². The first-order valence-corrected chi connectivity index (χ1v) is 2.90. The molecule has 0 unspecified atom stereocenters. The van der Waals surface area contributed by atoms with E-state index >= 15 is 0 Å². The molecule has 1 radical (unpaired) electrons. The standard InChI is InChI=1S/C6H12O2.CH3/c1-3-4-5-8-6(2)7;/h3-5H2,1-2H3;1H3. The SMILES string of the molecule is CCCCOC(C)=O.[CH3]. The highest BCUT2D eigenvalue weighted by Gasteiger charge is 1.88. The third-order valence-electron chi connectivity index (χ3n) is 0.803. The van der Waals surface area contributed by atoms with Gasteiger partial charge in [0.2, 0.25) is 0 Å². The van der Waals surface area contributed by atoms with Crippen LogP contribution in [0.4, 0.5) is 0 Å². The minimum absolute atomic E-state index is 0. The van der Waals surface area contributed by atoms with Gasteiger partial charge in [-0.05, 0) is 6.42 Å². The average molecular weight is 131 g/mol. The quantitative estimate of drug-likeness (QED) is 0.431. The van der Waals surface area contributed by atoms with Gasteiger partial charge in [-0.25, -0.2) is 0 Å². The molecular weight excluding hydrogens is 116 g/mol. The fraction of sp³-hybridized carbons (Fsp3) is 0.714. The molecule has 0 fully saturated rings. The first-order valence-electron chi connectivity index (χ1n) is 2.90. The van der Waals surface area contributed by atoms with Crippen molar-refractivity contribution in [2.24, 2.45) is 0 Å². The van der Waals surface area contributed by atoms with Crippen molar-refractivity contribution in [2.45, 2.75) is 26.7 Å². The lowest BCUT2D eigenvalue weighted by Crippen LogP contribution is -1.99. The van der Waals surface area contributed by atoms with Crippen molar-refractivity contribution >= 4 is 5.97 Å². The van der Waals surface area contributed by atoms with Crippen LogP contribution in [-0.4, -0.2) is 12.6 Å². The van der Waals surface area contributed by atoms with E-state index in [-0.39, 0.29) is 13.4 Å². The zero-order valence-corrected chi connectivity index (χ0v) is 6.44. The number of ether oxygens (including phenoxy) is 1. The molecule has 0 spiro atoms. The Kier molecular flexibility index (Phi) is 9.37. The van der Waals surface area contributed by atoms with Gasteiger partial charge in [0.05, 0.1) is 6.61 Å². The van der Waals surface area contributed by atoms with Gasteiger partial charge in [0, 0.05) is 6.92 Å². The molecule has 2 nitrogen and oxygen atoms in total. The first kappa shape index (κ1) is 11.3. The average Bonchev–Trinajstić information content (AvgIpc) is 1.66. The Morgan fingerprint density at radius 3 is 2.44 bits per heavy atom. The minimum Gasteiger partial charge on any atom is -0.466 e. The summed E-state index contributed by atoms with van der Waals surface area (Å²) in [6.07, 6.45) is 2.05. The monoisotopic (exact) mass is 131 g/mol. The zero-order chi connectivity index (χ0) is 6.41. The zero-order valence-electron chi connectivity index (χ0n) is 6.44. The van der Waals surface area contributed by atoms with Crippen molar-refractivity contribution in [3.05, 3.63) is 7.43 Å². The van der Waals surface area contributed by atoms with Crippen LogP contribution in [0.3, 0.4) is 0 Å². The predicted molar refractivity (Wildman–Crippen MR) is 38.0 cm³/mol. The third kappa shape index (κ3) is 11.2. The number of rotatable bonds is 3. The molecule has 0 aromatic heterocycles. The highest BCUT2D eigenvalue weighted by Crippen LogP contribution is 1.86. The van der Waals surface area contributed by atoms with Gasteiger partial charge in [0.25, 0.3) is 0 Å². The van der Waals surface area contributed by atoms with Crippen molar-refractivity contribution in [2.75, 3.05) is 6.61 Å². The van der Waals surface area contributed by atoms with E-state index in [1.54, 1.807) is 0 Å². The summed E-state index contributed by atoms with van der Waals surface area (Å²) in [5.41, 5.74) is 0. The molecule has 0 aromatic carbocycles. The van der Waals surface area contributed by atoms with E-state index in [4.69, 9.17) is 0 Å². The van der Waals surface area contributed by atoms with Crippen molar-refractivity contribution < 1.29 is 9.53 Å². The van der Waals surface area contributed by atoms with Crippen LogP contribution in [-0.2, 0) is 9.53 Å². The summed E-state index contributed by atoms with van der Waals surface area (Å²) in [5.74, 6) is -0.182. The molecule has 0 amide bonds. The molecule has 0 N–H and O–H groups in total. The molecule has 0 aliphatic carbocycles. The fourth-order valence-corrected chi connectivity index (χ4v) is 0.360. The predicted octanol–water partition coefficient (Wildman–Crippen LogP) is 1.80. The van der Waals surface area contributed by atoms with Crippen LogP contribution in [0.2, 0.25) is 0 Å². The Balaban J connectivity index is 0. The van der Waals surface area contributed by atoms with E-state index in [9.17, 15) is 4.79 Å². The van der Waals surface area contributed by atoms with E-state index in [0.717, 1.165) is 12.8 Å². The lowest BCUT2D eigenvalue weighted by molar-refractivity contribution is -0.141. The van der Waals surface area contributed by atoms with Gasteiger partial charge >= 0.3 is 5.97 Å². The van der Waals surface area contributed by atoms with Gasteiger partial charge in [0.1, 0.15) is 0 Å². The van der Waals surface area contributed by atoms with Crippen LogP contribution in [0.1, 0.15) is 26.7 Å². The maximum atomic E-state index is 10.1. The summed E-state index contributed by atoms with van der Waals surface area (Å²) in [6, 6.07) is 0. The maximum absolute atomic E-state index is 10.1. The fourth-order valence-electron chi connectivity index (χ4n) is 0.360.